The molecule has 0 radical (unpaired) electrons. The molecule has 0 saturated heterocycles. The summed E-state index contributed by atoms with van der Waals surface area (Å²) >= 11 is 3.58. The van der Waals surface area contributed by atoms with Crippen LogP contribution >= 0.6 is 15.9 Å². The van der Waals surface area contributed by atoms with Gasteiger partial charge in [0.2, 0.25) is 0 Å². The Labute approximate surface area is 123 Å². The summed E-state index contributed by atoms with van der Waals surface area (Å²) in [6, 6.07) is 6.27. The van der Waals surface area contributed by atoms with Crippen LogP contribution in [0, 0.1) is 5.92 Å². The molecule has 1 aromatic carbocycles. The molecule has 0 saturated carbocycles. The minimum absolute atomic E-state index is 0.629. The number of hydrogen-bond donors (Lipinski definition) is 1. The van der Waals surface area contributed by atoms with E-state index in [0.29, 0.717) is 5.92 Å². The lowest BCUT2D eigenvalue weighted by molar-refractivity contribution is 0.500. The van der Waals surface area contributed by atoms with E-state index in [2.05, 4.69) is 54.2 Å². The van der Waals surface area contributed by atoms with E-state index < -0.39 is 0 Å². The Bertz CT molecular complexity index is 545. The number of hydrogen-bond acceptors (Lipinski definition) is 2. The molecular weight excluding hydrogens is 302 g/mol. The number of furan rings is 1. The van der Waals surface area contributed by atoms with Gasteiger partial charge in [0, 0.05) is 10.9 Å². The van der Waals surface area contributed by atoms with E-state index >= 15 is 0 Å². The second-order valence-electron chi connectivity index (χ2n) is 5.40. The number of nitrogens with one attached hydrogen (secondary N) is 1. The molecule has 0 aliphatic rings. The van der Waals surface area contributed by atoms with Crippen molar-refractivity contribution in [2.24, 2.45) is 5.92 Å². The molecule has 0 aliphatic carbocycles. The van der Waals surface area contributed by atoms with Crippen LogP contribution in [-0.2, 0) is 13.0 Å². The van der Waals surface area contributed by atoms with Crippen LogP contribution in [-0.4, -0.2) is 6.54 Å². The Morgan fingerprint density at radius 1 is 1.32 bits per heavy atom. The van der Waals surface area contributed by atoms with Crippen LogP contribution < -0.4 is 5.32 Å². The van der Waals surface area contributed by atoms with Crippen molar-refractivity contribution in [3.05, 3.63) is 34.0 Å². The van der Waals surface area contributed by atoms with Gasteiger partial charge in [0.25, 0.3) is 0 Å². The SMILES string of the molecule is CCCNCc1oc2c(Br)cccc2c1CC(C)C. The van der Waals surface area contributed by atoms with E-state index in [0.717, 1.165) is 41.7 Å². The normalized spacial score (nSPS) is 11.6. The zero-order chi connectivity index (χ0) is 13.8. The van der Waals surface area contributed by atoms with Gasteiger partial charge in [0.1, 0.15) is 11.3 Å². The average molecular weight is 324 g/mol. The van der Waals surface area contributed by atoms with Gasteiger partial charge in [0.15, 0.2) is 0 Å². The molecule has 0 atom stereocenters. The summed E-state index contributed by atoms with van der Waals surface area (Å²) in [5, 5.41) is 4.68. The summed E-state index contributed by atoms with van der Waals surface area (Å²) in [6.45, 7) is 8.52. The monoisotopic (exact) mass is 323 g/mol. The lowest BCUT2D eigenvalue weighted by Gasteiger charge is -2.06. The molecule has 0 fully saturated rings. The third-order valence-corrected chi connectivity index (χ3v) is 3.80. The van der Waals surface area contributed by atoms with E-state index in [9.17, 15) is 0 Å². The number of benzene rings is 1. The third kappa shape index (κ3) is 3.40. The summed E-state index contributed by atoms with van der Waals surface area (Å²) in [6.07, 6.45) is 2.20. The molecule has 3 heteroatoms. The Kier molecular flexibility index (Phi) is 5.06. The quantitative estimate of drug-likeness (QED) is 0.765. The Morgan fingerprint density at radius 2 is 2.11 bits per heavy atom. The molecule has 0 spiro atoms. The van der Waals surface area contributed by atoms with Crippen molar-refractivity contribution in [1.82, 2.24) is 5.32 Å². The first kappa shape index (κ1) is 14.6. The van der Waals surface area contributed by atoms with Crippen molar-refractivity contribution in [1.29, 1.82) is 0 Å². The second-order valence-corrected chi connectivity index (χ2v) is 6.25. The van der Waals surface area contributed by atoms with Crippen LogP contribution in [0.5, 0.6) is 0 Å². The molecule has 1 N–H and O–H groups in total. The van der Waals surface area contributed by atoms with Gasteiger partial charge in [-0.05, 0) is 47.3 Å². The highest BCUT2D eigenvalue weighted by Gasteiger charge is 2.16. The van der Waals surface area contributed by atoms with Gasteiger partial charge < -0.3 is 9.73 Å². The summed E-state index contributed by atoms with van der Waals surface area (Å²) in [7, 11) is 0. The van der Waals surface area contributed by atoms with Gasteiger partial charge in [0.05, 0.1) is 11.0 Å². The highest BCUT2D eigenvalue weighted by Crippen LogP contribution is 2.32. The van der Waals surface area contributed by atoms with Crippen molar-refractivity contribution >= 4 is 26.9 Å². The van der Waals surface area contributed by atoms with E-state index in [1.807, 2.05) is 6.07 Å². The van der Waals surface area contributed by atoms with Crippen molar-refractivity contribution in [3.63, 3.8) is 0 Å². The summed E-state index contributed by atoms with van der Waals surface area (Å²) in [4.78, 5) is 0. The first-order chi connectivity index (χ1) is 9.13. The van der Waals surface area contributed by atoms with E-state index in [1.165, 1.54) is 10.9 Å². The molecule has 19 heavy (non-hydrogen) atoms. The van der Waals surface area contributed by atoms with Crippen LogP contribution in [0.3, 0.4) is 0 Å². The Morgan fingerprint density at radius 3 is 2.79 bits per heavy atom. The molecule has 2 nitrogen and oxygen atoms in total. The number of para-hydroxylation sites is 1. The molecule has 0 amide bonds. The minimum atomic E-state index is 0.629. The lowest BCUT2D eigenvalue weighted by Crippen LogP contribution is -2.14. The van der Waals surface area contributed by atoms with Crippen LogP contribution in [0.4, 0.5) is 0 Å². The van der Waals surface area contributed by atoms with Crippen LogP contribution in [0.2, 0.25) is 0 Å². The standard InChI is InChI=1S/C16H22BrNO/c1-4-8-18-10-15-13(9-11(2)3)12-6-5-7-14(17)16(12)19-15/h5-7,11,18H,4,8-10H2,1-3H3. The molecule has 0 bridgehead atoms. The molecule has 1 aromatic heterocycles. The topological polar surface area (TPSA) is 25.2 Å². The molecule has 2 rings (SSSR count). The molecular formula is C16H22BrNO. The van der Waals surface area contributed by atoms with Crippen LogP contribution in [0.1, 0.15) is 38.5 Å². The fourth-order valence-corrected chi connectivity index (χ4v) is 2.79. The Balaban J connectivity index is 2.39. The van der Waals surface area contributed by atoms with Crippen LogP contribution in [0.25, 0.3) is 11.0 Å². The molecule has 0 unspecified atom stereocenters. The average Bonchev–Trinajstić information content (AvgIpc) is 2.69. The van der Waals surface area contributed by atoms with E-state index in [1.54, 1.807) is 0 Å². The minimum Gasteiger partial charge on any atom is -0.458 e. The van der Waals surface area contributed by atoms with Gasteiger partial charge in [-0.3, -0.25) is 0 Å². The summed E-state index contributed by atoms with van der Waals surface area (Å²) in [5.74, 6) is 1.72. The fraction of sp³-hybridized carbons (Fsp3) is 0.500. The van der Waals surface area contributed by atoms with Gasteiger partial charge >= 0.3 is 0 Å². The zero-order valence-corrected chi connectivity index (χ0v) is 13.5. The van der Waals surface area contributed by atoms with Gasteiger partial charge in [-0.15, -0.1) is 0 Å². The van der Waals surface area contributed by atoms with E-state index in [-0.39, 0.29) is 0 Å². The predicted molar refractivity (Wildman–Crippen MR) is 84.5 cm³/mol. The highest BCUT2D eigenvalue weighted by atomic mass is 79.9. The fourth-order valence-electron chi connectivity index (χ4n) is 2.34. The molecule has 1 heterocycles. The van der Waals surface area contributed by atoms with Crippen LogP contribution in [0.15, 0.2) is 27.1 Å². The van der Waals surface area contributed by atoms with Gasteiger partial charge in [-0.25, -0.2) is 0 Å². The predicted octanol–water partition coefficient (Wildman–Crippen LogP) is 4.89. The van der Waals surface area contributed by atoms with Gasteiger partial charge in [-0.1, -0.05) is 32.9 Å². The summed E-state index contributed by atoms with van der Waals surface area (Å²) in [5.41, 5.74) is 2.33. The first-order valence-corrected chi connectivity index (χ1v) is 7.82. The van der Waals surface area contributed by atoms with Gasteiger partial charge in [-0.2, -0.15) is 0 Å². The maximum Gasteiger partial charge on any atom is 0.148 e. The third-order valence-electron chi connectivity index (χ3n) is 3.18. The lowest BCUT2D eigenvalue weighted by atomic mass is 10.00. The maximum absolute atomic E-state index is 6.07. The highest BCUT2D eigenvalue weighted by molar-refractivity contribution is 9.10. The number of rotatable bonds is 6. The summed E-state index contributed by atoms with van der Waals surface area (Å²) < 4.78 is 7.11. The van der Waals surface area contributed by atoms with E-state index in [4.69, 9.17) is 4.42 Å². The zero-order valence-electron chi connectivity index (χ0n) is 11.9. The first-order valence-electron chi connectivity index (χ1n) is 7.03. The Hall–Kier alpha value is -0.800. The van der Waals surface area contributed by atoms with Crippen molar-refractivity contribution in [2.45, 2.75) is 40.2 Å². The molecule has 104 valence electrons. The molecule has 0 aliphatic heterocycles. The smallest absolute Gasteiger partial charge is 0.148 e. The molecule has 2 aromatic rings. The number of halogens is 1. The van der Waals surface area contributed by atoms with Crippen molar-refractivity contribution in [2.75, 3.05) is 6.54 Å². The largest absolute Gasteiger partial charge is 0.458 e. The van der Waals surface area contributed by atoms with Crippen molar-refractivity contribution in [3.8, 4) is 0 Å². The number of fused-ring (bicyclic) bond motifs is 1. The maximum atomic E-state index is 6.07. The second kappa shape index (κ2) is 6.58. The van der Waals surface area contributed by atoms with Crippen molar-refractivity contribution < 1.29 is 4.42 Å².